The van der Waals surface area contributed by atoms with E-state index in [0.717, 1.165) is 12.1 Å². The minimum atomic E-state index is -1.17. The Balaban J connectivity index is 3.19. The fraction of sp³-hybridized carbons (Fsp3) is 0.111. The first-order valence-corrected chi connectivity index (χ1v) is 5.04. The Morgan fingerprint density at radius 2 is 1.93 bits per heavy atom. The van der Waals surface area contributed by atoms with Crippen LogP contribution in [0.3, 0.4) is 0 Å². The number of halogens is 3. The molecule has 0 bridgehead atoms. The molecule has 0 amide bonds. The molecule has 0 unspecified atom stereocenters. The second-order valence-electron chi connectivity index (χ2n) is 2.65. The van der Waals surface area contributed by atoms with Crippen molar-refractivity contribution in [3.8, 4) is 0 Å². The summed E-state index contributed by atoms with van der Waals surface area (Å²) in [5, 5.41) is 10.8. The third-order valence-electron chi connectivity index (χ3n) is 1.62. The van der Waals surface area contributed by atoms with E-state index < -0.39 is 22.2 Å². The lowest BCUT2D eigenvalue weighted by Crippen LogP contribution is -1.97. The van der Waals surface area contributed by atoms with Crippen molar-refractivity contribution in [3.05, 3.63) is 45.5 Å². The molecule has 80 valence electrons. The maximum Gasteiger partial charge on any atom is 0.340 e. The van der Waals surface area contributed by atoms with E-state index >= 15 is 0 Å². The summed E-state index contributed by atoms with van der Waals surface area (Å²) in [6, 6.07) is 1.83. The molecule has 6 heteroatoms. The van der Waals surface area contributed by atoms with Gasteiger partial charge in [0, 0.05) is 5.33 Å². The van der Waals surface area contributed by atoms with E-state index in [2.05, 4.69) is 15.9 Å². The van der Waals surface area contributed by atoms with Crippen LogP contribution >= 0.6 is 15.9 Å². The Bertz CT molecular complexity index is 398. The molecule has 15 heavy (non-hydrogen) atoms. The minimum Gasteiger partial charge on any atom is -0.258 e. The zero-order valence-corrected chi connectivity index (χ0v) is 9.00. The van der Waals surface area contributed by atoms with Crippen LogP contribution in [-0.2, 0) is 0 Å². The number of hydrogen-bond donors (Lipinski definition) is 0. The molecule has 0 saturated carbocycles. The number of rotatable bonds is 3. The molecule has 0 atom stereocenters. The largest absolute Gasteiger partial charge is 0.340 e. The number of allylic oxidation sites excluding steroid dienone is 1. The second-order valence-corrected chi connectivity index (χ2v) is 3.29. The van der Waals surface area contributed by atoms with Gasteiger partial charge in [0.05, 0.1) is 4.92 Å². The smallest absolute Gasteiger partial charge is 0.258 e. The fourth-order valence-corrected chi connectivity index (χ4v) is 1.22. The van der Waals surface area contributed by atoms with Gasteiger partial charge in [0.1, 0.15) is 0 Å². The molecule has 0 spiro atoms. The van der Waals surface area contributed by atoms with E-state index in [-0.39, 0.29) is 5.56 Å². The number of hydrogen-bond acceptors (Lipinski definition) is 2. The van der Waals surface area contributed by atoms with Crippen molar-refractivity contribution in [3.63, 3.8) is 0 Å². The average molecular weight is 278 g/mol. The quantitative estimate of drug-likeness (QED) is 0.483. The van der Waals surface area contributed by atoms with Gasteiger partial charge in [-0.15, -0.1) is 0 Å². The monoisotopic (exact) mass is 277 g/mol. The van der Waals surface area contributed by atoms with Crippen LogP contribution in [0.1, 0.15) is 5.56 Å². The Morgan fingerprint density at radius 3 is 2.33 bits per heavy atom. The predicted molar refractivity (Wildman–Crippen MR) is 55.8 cm³/mol. The summed E-state index contributed by atoms with van der Waals surface area (Å²) in [5.41, 5.74) is -0.874. The number of nitro benzene ring substituents is 1. The van der Waals surface area contributed by atoms with Crippen molar-refractivity contribution in [2.45, 2.75) is 0 Å². The van der Waals surface area contributed by atoms with Gasteiger partial charge in [-0.3, -0.25) is 10.1 Å². The molecular formula is C9H6BrF2NO2. The van der Waals surface area contributed by atoms with Crippen LogP contribution in [0.15, 0.2) is 18.2 Å². The van der Waals surface area contributed by atoms with Crippen LogP contribution in [-0.4, -0.2) is 10.3 Å². The highest BCUT2D eigenvalue weighted by Crippen LogP contribution is 2.23. The Hall–Kier alpha value is -1.30. The first-order valence-electron chi connectivity index (χ1n) is 3.92. The lowest BCUT2D eigenvalue weighted by atomic mass is 10.2. The molecule has 1 aromatic rings. The summed E-state index contributed by atoms with van der Waals surface area (Å²) in [7, 11) is 0. The first-order chi connectivity index (χ1) is 7.06. The summed E-state index contributed by atoms with van der Waals surface area (Å²) in [5.74, 6) is -2.34. The first kappa shape index (κ1) is 11.8. The van der Waals surface area contributed by atoms with Gasteiger partial charge < -0.3 is 0 Å². The molecule has 1 aromatic carbocycles. The van der Waals surface area contributed by atoms with Gasteiger partial charge in [0.25, 0.3) is 0 Å². The summed E-state index contributed by atoms with van der Waals surface area (Å²) >= 11 is 3.10. The molecule has 0 aliphatic carbocycles. The Kier molecular flexibility index (Phi) is 3.90. The van der Waals surface area contributed by atoms with Gasteiger partial charge in [0.15, 0.2) is 0 Å². The molecule has 0 fully saturated rings. The second kappa shape index (κ2) is 4.97. The van der Waals surface area contributed by atoms with Gasteiger partial charge in [-0.2, -0.15) is 8.78 Å². The van der Waals surface area contributed by atoms with Gasteiger partial charge in [0.2, 0.25) is 11.6 Å². The number of nitro groups is 1. The molecule has 0 heterocycles. The van der Waals surface area contributed by atoms with Gasteiger partial charge in [-0.05, 0) is 17.7 Å². The van der Waals surface area contributed by atoms with E-state index in [1.54, 1.807) is 6.08 Å². The maximum atomic E-state index is 13.1. The number of benzene rings is 1. The normalized spacial score (nSPS) is 10.9. The van der Waals surface area contributed by atoms with Crippen molar-refractivity contribution >= 4 is 27.7 Å². The summed E-state index contributed by atoms with van der Waals surface area (Å²) in [6.07, 6.45) is 3.09. The Labute approximate surface area is 92.7 Å². The minimum absolute atomic E-state index is 0.245. The van der Waals surface area contributed by atoms with Crippen molar-refractivity contribution in [2.75, 3.05) is 5.33 Å². The third kappa shape index (κ3) is 2.82. The zero-order valence-electron chi connectivity index (χ0n) is 7.41. The van der Waals surface area contributed by atoms with Gasteiger partial charge in [-0.25, -0.2) is 0 Å². The summed E-state index contributed by atoms with van der Waals surface area (Å²) in [6.45, 7) is 0. The van der Waals surface area contributed by atoms with Crippen LogP contribution < -0.4 is 0 Å². The van der Waals surface area contributed by atoms with Crippen LogP contribution in [0.25, 0.3) is 6.08 Å². The van der Waals surface area contributed by atoms with E-state index in [1.165, 1.54) is 6.08 Å². The SMILES string of the molecule is O=[N+]([O-])c1c(F)cc(C=CCBr)cc1F. The summed E-state index contributed by atoms with van der Waals surface area (Å²) < 4.78 is 26.1. The predicted octanol–water partition coefficient (Wildman–Crippen LogP) is 3.28. The highest BCUT2D eigenvalue weighted by atomic mass is 79.9. The van der Waals surface area contributed by atoms with Crippen LogP contribution in [0.2, 0.25) is 0 Å². The molecule has 0 aliphatic rings. The molecule has 0 aromatic heterocycles. The van der Waals surface area contributed by atoms with E-state index in [0.29, 0.717) is 5.33 Å². The molecule has 1 rings (SSSR count). The summed E-state index contributed by atoms with van der Waals surface area (Å²) in [4.78, 5) is 9.19. The third-order valence-corrected chi connectivity index (χ3v) is 2.00. The molecule has 0 N–H and O–H groups in total. The standard InChI is InChI=1S/C9H6BrF2NO2/c10-3-1-2-6-4-7(11)9(13(14)15)8(12)5-6/h1-2,4-5H,3H2. The lowest BCUT2D eigenvalue weighted by Gasteiger charge is -1.98. The molecule has 0 aliphatic heterocycles. The van der Waals surface area contributed by atoms with Crippen LogP contribution in [0, 0.1) is 21.7 Å². The van der Waals surface area contributed by atoms with E-state index in [1.807, 2.05) is 0 Å². The number of alkyl halides is 1. The number of nitrogens with zero attached hydrogens (tertiary/aromatic N) is 1. The molecule has 0 saturated heterocycles. The van der Waals surface area contributed by atoms with E-state index in [4.69, 9.17) is 0 Å². The maximum absolute atomic E-state index is 13.1. The molecule has 3 nitrogen and oxygen atoms in total. The van der Waals surface area contributed by atoms with E-state index in [9.17, 15) is 18.9 Å². The Morgan fingerprint density at radius 1 is 1.40 bits per heavy atom. The van der Waals surface area contributed by atoms with Crippen LogP contribution in [0.4, 0.5) is 14.5 Å². The van der Waals surface area contributed by atoms with Gasteiger partial charge in [-0.1, -0.05) is 28.1 Å². The topological polar surface area (TPSA) is 43.1 Å². The highest BCUT2D eigenvalue weighted by molar-refractivity contribution is 9.09. The van der Waals surface area contributed by atoms with Crippen molar-refractivity contribution in [1.82, 2.24) is 0 Å². The zero-order chi connectivity index (χ0) is 11.4. The molecular weight excluding hydrogens is 272 g/mol. The fourth-order valence-electron chi connectivity index (χ4n) is 1.04. The van der Waals surface area contributed by atoms with Crippen molar-refractivity contribution in [1.29, 1.82) is 0 Å². The van der Waals surface area contributed by atoms with Crippen molar-refractivity contribution in [2.24, 2.45) is 0 Å². The lowest BCUT2D eigenvalue weighted by molar-refractivity contribution is -0.390. The van der Waals surface area contributed by atoms with Gasteiger partial charge >= 0.3 is 5.69 Å². The van der Waals surface area contributed by atoms with Crippen LogP contribution in [0.5, 0.6) is 0 Å². The highest BCUT2D eigenvalue weighted by Gasteiger charge is 2.20. The average Bonchev–Trinajstić information content (AvgIpc) is 2.12. The van der Waals surface area contributed by atoms with Crippen molar-refractivity contribution < 1.29 is 13.7 Å². The molecule has 0 radical (unpaired) electrons.